The molecule has 0 amide bonds. The second-order valence-corrected chi connectivity index (χ2v) is 6.09. The van der Waals surface area contributed by atoms with Crippen LogP contribution >= 0.6 is 11.6 Å². The van der Waals surface area contributed by atoms with Crippen LogP contribution in [0, 0.1) is 0 Å². The Morgan fingerprint density at radius 2 is 2.06 bits per heavy atom. The fourth-order valence-electron chi connectivity index (χ4n) is 2.97. The summed E-state index contributed by atoms with van der Waals surface area (Å²) < 4.78 is 0. The van der Waals surface area contributed by atoms with Gasteiger partial charge in [-0.25, -0.2) is 0 Å². The summed E-state index contributed by atoms with van der Waals surface area (Å²) in [7, 11) is 0. The van der Waals surface area contributed by atoms with Gasteiger partial charge in [-0.1, -0.05) is 11.6 Å². The van der Waals surface area contributed by atoms with Gasteiger partial charge in [-0.15, -0.1) is 0 Å². The molecule has 94 valence electrons. The largest absolute Gasteiger partial charge is 0.322 e. The van der Waals surface area contributed by atoms with Gasteiger partial charge in [0.05, 0.1) is 5.52 Å². The lowest BCUT2D eigenvalue weighted by Gasteiger charge is -2.25. The first-order valence-corrected chi connectivity index (χ1v) is 6.75. The maximum Gasteiger partial charge on any atom is 0.0710 e. The summed E-state index contributed by atoms with van der Waals surface area (Å²) in [5.74, 6) is 0. The van der Waals surface area contributed by atoms with Crippen molar-refractivity contribution >= 4 is 22.5 Å². The van der Waals surface area contributed by atoms with Crippen molar-refractivity contribution in [1.82, 2.24) is 4.98 Å². The van der Waals surface area contributed by atoms with Crippen LogP contribution in [0.1, 0.15) is 37.1 Å². The Hall–Kier alpha value is -1.12. The molecule has 0 radical (unpaired) electrons. The van der Waals surface area contributed by atoms with Gasteiger partial charge in [-0.05, 0) is 62.4 Å². The average Bonchev–Trinajstić information content (AvgIpc) is 2.71. The summed E-state index contributed by atoms with van der Waals surface area (Å²) >= 11 is 6.12. The molecule has 0 aliphatic heterocycles. The van der Waals surface area contributed by atoms with E-state index in [1.54, 1.807) is 0 Å². The summed E-state index contributed by atoms with van der Waals surface area (Å²) in [6.45, 7) is 4.11. The molecule has 2 nitrogen and oxygen atoms in total. The fourth-order valence-corrected chi connectivity index (χ4v) is 3.14. The van der Waals surface area contributed by atoms with E-state index >= 15 is 0 Å². The van der Waals surface area contributed by atoms with E-state index in [9.17, 15) is 0 Å². The van der Waals surface area contributed by atoms with E-state index in [4.69, 9.17) is 22.3 Å². The van der Waals surface area contributed by atoms with Crippen molar-refractivity contribution in [3.8, 4) is 0 Å². The van der Waals surface area contributed by atoms with Crippen LogP contribution in [0.5, 0.6) is 0 Å². The van der Waals surface area contributed by atoms with Crippen molar-refractivity contribution in [3.63, 3.8) is 0 Å². The van der Waals surface area contributed by atoms with Gasteiger partial charge < -0.3 is 5.73 Å². The number of pyridine rings is 1. The topological polar surface area (TPSA) is 38.9 Å². The summed E-state index contributed by atoms with van der Waals surface area (Å²) in [5.41, 5.74) is 10.8. The zero-order valence-corrected chi connectivity index (χ0v) is 11.5. The lowest BCUT2D eigenvalue weighted by atomic mass is 9.87. The zero-order valence-electron chi connectivity index (χ0n) is 10.8. The van der Waals surface area contributed by atoms with Gasteiger partial charge in [0.2, 0.25) is 0 Å². The molecule has 3 heteroatoms. The number of fused-ring (bicyclic) bond motifs is 2. The summed E-state index contributed by atoms with van der Waals surface area (Å²) in [5, 5.41) is 1.85. The van der Waals surface area contributed by atoms with Crippen molar-refractivity contribution < 1.29 is 0 Å². The Labute approximate surface area is 112 Å². The van der Waals surface area contributed by atoms with Gasteiger partial charge in [0.25, 0.3) is 0 Å². The second kappa shape index (κ2) is 3.94. The predicted octanol–water partition coefficient (Wildman–Crippen LogP) is 3.57. The Morgan fingerprint density at radius 3 is 2.78 bits per heavy atom. The Morgan fingerprint density at radius 1 is 1.28 bits per heavy atom. The molecule has 2 aromatic rings. The molecule has 0 spiro atoms. The number of aryl methyl sites for hydroxylation is 1. The van der Waals surface area contributed by atoms with Crippen LogP contribution in [0.3, 0.4) is 0 Å². The van der Waals surface area contributed by atoms with Crippen molar-refractivity contribution in [2.24, 2.45) is 5.73 Å². The van der Waals surface area contributed by atoms with E-state index in [0.717, 1.165) is 28.8 Å². The number of aromatic nitrogens is 1. The molecule has 0 unspecified atom stereocenters. The van der Waals surface area contributed by atoms with Crippen molar-refractivity contribution in [1.29, 1.82) is 0 Å². The van der Waals surface area contributed by atoms with E-state index < -0.39 is 0 Å². The van der Waals surface area contributed by atoms with Crippen molar-refractivity contribution in [3.05, 3.63) is 40.0 Å². The van der Waals surface area contributed by atoms with Gasteiger partial charge >= 0.3 is 0 Å². The lowest BCUT2D eigenvalue weighted by molar-refractivity contribution is 0.553. The van der Waals surface area contributed by atoms with Gasteiger partial charge in [0, 0.05) is 21.6 Å². The van der Waals surface area contributed by atoms with Crippen LogP contribution < -0.4 is 5.73 Å². The Kier molecular flexibility index (Phi) is 2.61. The highest BCUT2D eigenvalue weighted by Gasteiger charge is 2.27. The molecule has 1 aromatic carbocycles. The fraction of sp³-hybridized carbons (Fsp3) is 0.400. The number of hydrogen-bond donors (Lipinski definition) is 1. The number of halogens is 1. The van der Waals surface area contributed by atoms with E-state index in [1.807, 2.05) is 18.2 Å². The molecule has 2 N–H and O–H groups in total. The molecule has 0 bridgehead atoms. The highest BCUT2D eigenvalue weighted by Crippen LogP contribution is 2.36. The Bertz CT molecular complexity index is 626. The van der Waals surface area contributed by atoms with Crippen LogP contribution in [0.25, 0.3) is 10.9 Å². The smallest absolute Gasteiger partial charge is 0.0710 e. The quantitative estimate of drug-likeness (QED) is 0.851. The SMILES string of the molecule is CC(C)(N)c1c2c(nc3ccc(Cl)cc13)CCC2. The zero-order chi connectivity index (χ0) is 12.9. The maximum absolute atomic E-state index is 6.38. The molecular weight excluding hydrogens is 244 g/mol. The molecule has 0 atom stereocenters. The molecular formula is C15H17ClN2. The van der Waals surface area contributed by atoms with Crippen LogP contribution in [0.4, 0.5) is 0 Å². The third-order valence-corrected chi connectivity index (χ3v) is 3.85. The van der Waals surface area contributed by atoms with E-state index in [2.05, 4.69) is 13.8 Å². The monoisotopic (exact) mass is 260 g/mol. The van der Waals surface area contributed by atoms with Crippen LogP contribution in [0.15, 0.2) is 18.2 Å². The first-order chi connectivity index (χ1) is 8.47. The summed E-state index contributed by atoms with van der Waals surface area (Å²) in [6, 6.07) is 5.88. The normalized spacial score (nSPS) is 15.1. The van der Waals surface area contributed by atoms with Crippen molar-refractivity contribution in [2.75, 3.05) is 0 Å². The minimum absolute atomic E-state index is 0.361. The third-order valence-electron chi connectivity index (χ3n) is 3.62. The highest BCUT2D eigenvalue weighted by molar-refractivity contribution is 6.31. The molecule has 1 aliphatic rings. The number of hydrogen-bond acceptors (Lipinski definition) is 2. The number of rotatable bonds is 1. The van der Waals surface area contributed by atoms with E-state index in [0.29, 0.717) is 0 Å². The molecule has 1 aliphatic carbocycles. The summed E-state index contributed by atoms with van der Waals surface area (Å²) in [4.78, 5) is 4.76. The van der Waals surface area contributed by atoms with Crippen LogP contribution in [-0.4, -0.2) is 4.98 Å². The molecule has 1 heterocycles. The van der Waals surface area contributed by atoms with E-state index in [-0.39, 0.29) is 5.54 Å². The lowest BCUT2D eigenvalue weighted by Crippen LogP contribution is -2.30. The molecule has 1 aromatic heterocycles. The van der Waals surface area contributed by atoms with Gasteiger partial charge in [0.15, 0.2) is 0 Å². The first-order valence-electron chi connectivity index (χ1n) is 6.37. The molecule has 0 saturated heterocycles. The average molecular weight is 261 g/mol. The van der Waals surface area contributed by atoms with Gasteiger partial charge in [-0.3, -0.25) is 4.98 Å². The van der Waals surface area contributed by atoms with Gasteiger partial charge in [-0.2, -0.15) is 0 Å². The van der Waals surface area contributed by atoms with Crippen LogP contribution in [0.2, 0.25) is 5.02 Å². The maximum atomic E-state index is 6.38. The standard InChI is InChI=1S/C15H17ClN2/c1-15(2,17)14-10-4-3-5-12(10)18-13-7-6-9(16)8-11(13)14/h6-8H,3-5,17H2,1-2H3. The van der Waals surface area contributed by atoms with Crippen molar-refractivity contribution in [2.45, 2.75) is 38.6 Å². The number of nitrogens with zero attached hydrogens (tertiary/aromatic N) is 1. The summed E-state index contributed by atoms with van der Waals surface area (Å²) in [6.07, 6.45) is 3.33. The first kappa shape index (κ1) is 11.9. The minimum atomic E-state index is -0.361. The molecule has 18 heavy (non-hydrogen) atoms. The van der Waals surface area contributed by atoms with Crippen LogP contribution in [-0.2, 0) is 18.4 Å². The third kappa shape index (κ3) is 1.80. The van der Waals surface area contributed by atoms with Gasteiger partial charge in [0.1, 0.15) is 0 Å². The van der Waals surface area contributed by atoms with E-state index in [1.165, 1.54) is 23.2 Å². The molecule has 3 rings (SSSR count). The minimum Gasteiger partial charge on any atom is -0.322 e. The highest BCUT2D eigenvalue weighted by atomic mass is 35.5. The molecule has 0 saturated carbocycles. The number of nitrogens with two attached hydrogens (primary N) is 1. The Balaban J connectivity index is 2.44. The number of benzene rings is 1. The second-order valence-electron chi connectivity index (χ2n) is 5.65. The predicted molar refractivity (Wildman–Crippen MR) is 76.0 cm³/mol. The molecule has 0 fully saturated rings.